The van der Waals surface area contributed by atoms with Crippen molar-refractivity contribution in [1.82, 2.24) is 0 Å². The van der Waals surface area contributed by atoms with Crippen LogP contribution in [0.25, 0.3) is 0 Å². The molecule has 1 unspecified atom stereocenters. The van der Waals surface area contributed by atoms with Crippen LogP contribution in [0.2, 0.25) is 0 Å². The van der Waals surface area contributed by atoms with Gasteiger partial charge in [0.15, 0.2) is 0 Å². The second-order valence-electron chi connectivity index (χ2n) is 2.19. The van der Waals surface area contributed by atoms with Gasteiger partial charge in [0.2, 0.25) is 0 Å². The maximum atomic E-state index is 3.63. The first-order valence-electron chi connectivity index (χ1n) is 3.27. The third kappa shape index (κ3) is 3.91. The smallest absolute Gasteiger partial charge is 0.0262 e. The molecule has 1 atom stereocenters. The fourth-order valence-electron chi connectivity index (χ4n) is 0.784. The van der Waals surface area contributed by atoms with Crippen molar-refractivity contribution in [3.63, 3.8) is 0 Å². The number of rotatable bonds is 3. The summed E-state index contributed by atoms with van der Waals surface area (Å²) in [4.78, 5) is 0. The molecule has 0 aliphatic heterocycles. The van der Waals surface area contributed by atoms with Crippen LogP contribution >= 0.6 is 0 Å². The maximum absolute atomic E-state index is 3.63. The Hall–Kier alpha value is -0.260. The maximum Gasteiger partial charge on any atom is -0.0262 e. The van der Waals surface area contributed by atoms with Crippen molar-refractivity contribution >= 4 is 0 Å². The van der Waals surface area contributed by atoms with E-state index in [-0.39, 0.29) is 0 Å². The van der Waals surface area contributed by atoms with Crippen LogP contribution in [0.5, 0.6) is 0 Å². The van der Waals surface area contributed by atoms with Crippen LogP contribution in [-0.2, 0) is 0 Å². The number of allylic oxidation sites excluding steroid dienone is 2. The van der Waals surface area contributed by atoms with Gasteiger partial charge in [-0.2, -0.15) is 0 Å². The Morgan fingerprint density at radius 1 is 1.62 bits per heavy atom. The minimum atomic E-state index is 0.720. The van der Waals surface area contributed by atoms with E-state index in [0.717, 1.165) is 5.92 Å². The van der Waals surface area contributed by atoms with Crippen molar-refractivity contribution in [3.05, 3.63) is 19.1 Å². The minimum Gasteiger partial charge on any atom is -0.0880 e. The van der Waals surface area contributed by atoms with E-state index >= 15 is 0 Å². The first-order chi connectivity index (χ1) is 3.81. The lowest BCUT2D eigenvalue weighted by Crippen LogP contribution is -1.85. The minimum absolute atomic E-state index is 0.720. The zero-order valence-corrected chi connectivity index (χ0v) is 5.85. The van der Waals surface area contributed by atoms with Crippen LogP contribution in [0.15, 0.2) is 12.2 Å². The molecule has 0 aromatic heterocycles. The van der Waals surface area contributed by atoms with Gasteiger partial charge in [0.05, 0.1) is 0 Å². The summed E-state index contributed by atoms with van der Waals surface area (Å²) in [5.41, 5.74) is 0. The quantitative estimate of drug-likeness (QED) is 0.525. The highest BCUT2D eigenvalue weighted by molar-refractivity contribution is 4.87. The Kier molecular flexibility index (Phi) is 4.73. The molecule has 47 valence electrons. The second-order valence-corrected chi connectivity index (χ2v) is 2.19. The SMILES string of the molecule is [CH2]C=CC(C)CCC. The van der Waals surface area contributed by atoms with Gasteiger partial charge in [0.25, 0.3) is 0 Å². The van der Waals surface area contributed by atoms with E-state index in [1.807, 2.05) is 6.08 Å². The van der Waals surface area contributed by atoms with Gasteiger partial charge in [-0.25, -0.2) is 0 Å². The van der Waals surface area contributed by atoms with E-state index in [0.29, 0.717) is 0 Å². The topological polar surface area (TPSA) is 0 Å². The molecule has 0 amide bonds. The number of hydrogen-bond donors (Lipinski definition) is 0. The van der Waals surface area contributed by atoms with Crippen molar-refractivity contribution in [2.45, 2.75) is 26.7 Å². The zero-order chi connectivity index (χ0) is 6.41. The molecule has 0 bridgehead atoms. The van der Waals surface area contributed by atoms with Gasteiger partial charge in [-0.15, -0.1) is 0 Å². The molecule has 0 heteroatoms. The van der Waals surface area contributed by atoms with Gasteiger partial charge in [0, 0.05) is 0 Å². The van der Waals surface area contributed by atoms with E-state index in [9.17, 15) is 0 Å². The molecule has 0 N–H and O–H groups in total. The molecule has 0 aromatic carbocycles. The van der Waals surface area contributed by atoms with Crippen LogP contribution in [-0.4, -0.2) is 0 Å². The predicted molar refractivity (Wildman–Crippen MR) is 38.6 cm³/mol. The lowest BCUT2D eigenvalue weighted by atomic mass is 10.1. The highest BCUT2D eigenvalue weighted by atomic mass is 14.0. The molecule has 0 nitrogen and oxygen atoms in total. The second kappa shape index (κ2) is 4.89. The van der Waals surface area contributed by atoms with Crippen molar-refractivity contribution in [3.8, 4) is 0 Å². The average molecular weight is 111 g/mol. The van der Waals surface area contributed by atoms with Crippen LogP contribution in [0, 0.1) is 12.8 Å². The van der Waals surface area contributed by atoms with E-state index in [1.165, 1.54) is 12.8 Å². The fourth-order valence-corrected chi connectivity index (χ4v) is 0.784. The summed E-state index contributed by atoms with van der Waals surface area (Å²) in [6.45, 7) is 8.04. The normalized spacial score (nSPS) is 14.9. The third-order valence-corrected chi connectivity index (χ3v) is 1.21. The van der Waals surface area contributed by atoms with Gasteiger partial charge < -0.3 is 0 Å². The fraction of sp³-hybridized carbons (Fsp3) is 0.625. The van der Waals surface area contributed by atoms with Gasteiger partial charge in [0.1, 0.15) is 0 Å². The lowest BCUT2D eigenvalue weighted by Gasteiger charge is -1.99. The molecule has 0 aliphatic carbocycles. The van der Waals surface area contributed by atoms with Crippen molar-refractivity contribution < 1.29 is 0 Å². The van der Waals surface area contributed by atoms with E-state index in [4.69, 9.17) is 0 Å². The van der Waals surface area contributed by atoms with Crippen LogP contribution in [0.3, 0.4) is 0 Å². The summed E-state index contributed by atoms with van der Waals surface area (Å²) < 4.78 is 0. The van der Waals surface area contributed by atoms with E-state index < -0.39 is 0 Å². The number of hydrogen-bond acceptors (Lipinski definition) is 0. The monoisotopic (exact) mass is 111 g/mol. The van der Waals surface area contributed by atoms with Crippen LogP contribution in [0.4, 0.5) is 0 Å². The standard InChI is InChI=1S/C8H15/c1-4-6-8(3)7-5-2/h4,6,8H,1,5,7H2,2-3H3. The predicted octanol–water partition coefficient (Wildman–Crippen LogP) is 2.81. The van der Waals surface area contributed by atoms with Crippen LogP contribution in [0.1, 0.15) is 26.7 Å². The van der Waals surface area contributed by atoms with Gasteiger partial charge in [-0.1, -0.05) is 32.4 Å². The summed E-state index contributed by atoms with van der Waals surface area (Å²) in [7, 11) is 0. The Bertz CT molecular complexity index is 62.4. The Morgan fingerprint density at radius 2 is 2.25 bits per heavy atom. The van der Waals surface area contributed by atoms with Gasteiger partial charge in [-0.3, -0.25) is 0 Å². The van der Waals surface area contributed by atoms with Crippen molar-refractivity contribution in [2.75, 3.05) is 0 Å². The molecule has 0 aromatic rings. The summed E-state index contributed by atoms with van der Waals surface area (Å²) in [6.07, 6.45) is 6.57. The zero-order valence-electron chi connectivity index (χ0n) is 5.85. The first kappa shape index (κ1) is 7.74. The summed E-state index contributed by atoms with van der Waals surface area (Å²) in [6, 6.07) is 0. The molecule has 0 saturated heterocycles. The molecule has 0 fully saturated rings. The molecule has 0 rings (SSSR count). The molecular weight excluding hydrogens is 96.1 g/mol. The molecular formula is C8H15. The molecule has 1 radical (unpaired) electrons. The van der Waals surface area contributed by atoms with E-state index in [2.05, 4.69) is 26.8 Å². The summed E-state index contributed by atoms with van der Waals surface area (Å²) in [5, 5.41) is 0. The highest BCUT2D eigenvalue weighted by Gasteiger charge is 1.90. The largest absolute Gasteiger partial charge is 0.0880 e. The molecule has 0 aliphatic rings. The van der Waals surface area contributed by atoms with Gasteiger partial charge >= 0.3 is 0 Å². The van der Waals surface area contributed by atoms with Crippen molar-refractivity contribution in [2.24, 2.45) is 5.92 Å². The molecule has 0 saturated carbocycles. The average Bonchev–Trinajstić information content (AvgIpc) is 1.68. The van der Waals surface area contributed by atoms with Crippen LogP contribution < -0.4 is 0 Å². The molecule has 0 spiro atoms. The molecule has 0 heterocycles. The Balaban J connectivity index is 3.17. The van der Waals surface area contributed by atoms with Crippen molar-refractivity contribution in [1.29, 1.82) is 0 Å². The van der Waals surface area contributed by atoms with Gasteiger partial charge in [-0.05, 0) is 19.3 Å². The molecule has 8 heavy (non-hydrogen) atoms. The summed E-state index contributed by atoms with van der Waals surface area (Å²) >= 11 is 0. The first-order valence-corrected chi connectivity index (χ1v) is 3.27. The van der Waals surface area contributed by atoms with E-state index in [1.54, 1.807) is 0 Å². The Morgan fingerprint density at radius 3 is 2.62 bits per heavy atom. The highest BCUT2D eigenvalue weighted by Crippen LogP contribution is 2.04. The Labute approximate surface area is 52.6 Å². The summed E-state index contributed by atoms with van der Waals surface area (Å²) in [5.74, 6) is 0.720. The third-order valence-electron chi connectivity index (χ3n) is 1.21. The lowest BCUT2D eigenvalue weighted by molar-refractivity contribution is 0.634.